The average Bonchev–Trinajstić information content (AvgIpc) is 3.04. The molecule has 44 heavy (non-hydrogen) atoms. The highest BCUT2D eigenvalue weighted by Crippen LogP contribution is 2.45. The molecule has 11 nitrogen and oxygen atoms in total. The summed E-state index contributed by atoms with van der Waals surface area (Å²) in [6.45, 7) is 1.51. The summed E-state index contributed by atoms with van der Waals surface area (Å²) in [5.41, 5.74) is 1.27. The van der Waals surface area contributed by atoms with E-state index in [9.17, 15) is 14.7 Å². The molecule has 0 saturated carbocycles. The molecule has 3 aromatic rings. The van der Waals surface area contributed by atoms with Gasteiger partial charge in [0.05, 0.1) is 47.3 Å². The van der Waals surface area contributed by atoms with Crippen LogP contribution < -0.4 is 28.6 Å². The van der Waals surface area contributed by atoms with Crippen LogP contribution in [-0.4, -0.2) is 65.9 Å². The zero-order chi connectivity index (χ0) is 32.2. The Labute approximate surface area is 261 Å². The third kappa shape index (κ3) is 8.13. The molecule has 0 aromatic heterocycles. The number of hydrogen-bond donors (Lipinski definition) is 1. The van der Waals surface area contributed by atoms with Crippen LogP contribution in [0, 0.1) is 0 Å². The van der Waals surface area contributed by atoms with Gasteiger partial charge in [0, 0.05) is 53.1 Å². The summed E-state index contributed by atoms with van der Waals surface area (Å²) in [6.07, 6.45) is 0.711. The maximum absolute atomic E-state index is 13.9. The monoisotopic (exact) mass is 629 g/mol. The highest BCUT2D eigenvalue weighted by Gasteiger charge is 2.30. The first kappa shape index (κ1) is 34.0. The van der Waals surface area contributed by atoms with E-state index in [0.29, 0.717) is 28.4 Å². The quantitative estimate of drug-likeness (QED) is 0.138. The van der Waals surface area contributed by atoms with Gasteiger partial charge in [-0.1, -0.05) is 23.7 Å². The van der Waals surface area contributed by atoms with Gasteiger partial charge in [-0.25, -0.2) is 4.79 Å². The number of amides is 1. The summed E-state index contributed by atoms with van der Waals surface area (Å²) in [7, 11) is 7.39. The summed E-state index contributed by atoms with van der Waals surface area (Å²) in [4.78, 5) is 27.4. The Morgan fingerprint density at radius 2 is 1.64 bits per heavy atom. The third-order valence-corrected chi connectivity index (χ3v) is 6.65. The van der Waals surface area contributed by atoms with Crippen molar-refractivity contribution < 1.29 is 47.9 Å². The number of carbonyl (C=O) groups excluding carboxylic acids is 2. The van der Waals surface area contributed by atoms with Crippen molar-refractivity contribution in [2.75, 3.05) is 53.8 Å². The predicted molar refractivity (Wildman–Crippen MR) is 164 cm³/mol. The summed E-state index contributed by atoms with van der Waals surface area (Å²) in [5.74, 6) is 0.439. The molecule has 3 rings (SSSR count). The highest BCUT2D eigenvalue weighted by atomic mass is 35.5. The molecule has 1 N–H and O–H groups in total. The van der Waals surface area contributed by atoms with E-state index in [1.165, 1.54) is 52.6 Å². The second kappa shape index (κ2) is 16.4. The third-order valence-electron chi connectivity index (χ3n) is 6.43. The lowest BCUT2D eigenvalue weighted by Gasteiger charge is -2.29. The molecule has 1 unspecified atom stereocenters. The predicted octanol–water partition coefficient (Wildman–Crippen LogP) is 5.09. The number of rotatable bonds is 15. The van der Waals surface area contributed by atoms with Crippen molar-refractivity contribution in [2.45, 2.75) is 19.6 Å². The number of para-hydroxylation sites is 1. The van der Waals surface area contributed by atoms with Crippen LogP contribution >= 0.6 is 11.6 Å². The van der Waals surface area contributed by atoms with Gasteiger partial charge in [-0.2, -0.15) is 0 Å². The van der Waals surface area contributed by atoms with E-state index in [4.69, 9.17) is 44.8 Å². The Bertz CT molecular complexity index is 1480. The number of esters is 1. The lowest BCUT2D eigenvalue weighted by molar-refractivity contribution is -0.137. The minimum atomic E-state index is -1.39. The molecule has 3 aromatic carbocycles. The molecule has 1 amide bonds. The Morgan fingerprint density at radius 1 is 0.886 bits per heavy atom. The first-order chi connectivity index (χ1) is 21.2. The largest absolute Gasteiger partial charge is 0.497 e. The van der Waals surface area contributed by atoms with Crippen molar-refractivity contribution in [1.29, 1.82) is 0 Å². The number of carbonyl (C=O) groups is 2. The number of anilines is 1. The minimum Gasteiger partial charge on any atom is -0.497 e. The van der Waals surface area contributed by atoms with Gasteiger partial charge in [0.1, 0.15) is 23.4 Å². The molecular weight excluding hydrogens is 594 g/mol. The van der Waals surface area contributed by atoms with Gasteiger partial charge in [0.2, 0.25) is 0 Å². The summed E-state index contributed by atoms with van der Waals surface area (Å²) >= 11 is 6.53. The normalized spacial score (nSPS) is 11.5. The van der Waals surface area contributed by atoms with Gasteiger partial charge in [0.15, 0.2) is 18.3 Å². The van der Waals surface area contributed by atoms with Crippen molar-refractivity contribution in [1.82, 2.24) is 0 Å². The van der Waals surface area contributed by atoms with Crippen LogP contribution in [0.4, 0.5) is 5.69 Å². The van der Waals surface area contributed by atoms with Crippen LogP contribution in [0.3, 0.4) is 0 Å². The van der Waals surface area contributed by atoms with Gasteiger partial charge < -0.3 is 43.2 Å². The summed E-state index contributed by atoms with van der Waals surface area (Å²) in [6, 6.07) is 13.2. The zero-order valence-electron chi connectivity index (χ0n) is 25.4. The summed E-state index contributed by atoms with van der Waals surface area (Å²) in [5, 5.41) is 12.1. The topological polar surface area (TPSA) is 122 Å². The molecule has 0 spiro atoms. The number of halogens is 1. The molecule has 0 aliphatic heterocycles. The smallest absolute Gasteiger partial charge is 0.330 e. The molecule has 12 heteroatoms. The fraction of sp³-hybridized carbons (Fsp3) is 0.312. The van der Waals surface area contributed by atoms with Crippen LogP contribution in [0.5, 0.6) is 28.7 Å². The number of hydrogen-bond acceptors (Lipinski definition) is 10. The number of ether oxygens (including phenoxy) is 7. The van der Waals surface area contributed by atoms with E-state index in [1.807, 2.05) is 0 Å². The van der Waals surface area contributed by atoms with E-state index in [-0.39, 0.29) is 47.7 Å². The maximum Gasteiger partial charge on any atom is 0.330 e. The van der Waals surface area contributed by atoms with Crippen molar-refractivity contribution in [3.05, 3.63) is 82.4 Å². The van der Waals surface area contributed by atoms with Gasteiger partial charge in [-0.3, -0.25) is 4.79 Å². The second-order valence-electron chi connectivity index (χ2n) is 9.07. The fourth-order valence-electron chi connectivity index (χ4n) is 4.46. The van der Waals surface area contributed by atoms with E-state index in [2.05, 4.69) is 0 Å². The van der Waals surface area contributed by atoms with Crippen LogP contribution in [0.1, 0.15) is 29.7 Å². The maximum atomic E-state index is 13.9. The number of benzene rings is 3. The van der Waals surface area contributed by atoms with Crippen molar-refractivity contribution in [2.24, 2.45) is 0 Å². The standard InChI is InChI=1S/C32H36ClNO10/c1-7-43-29(36)14-13-28(35)34(18-20-11-12-22(39-3)17-26(20)41-5)30-24(15-21(33)16-27(30)44-19-38-2)31(37)23-9-8-10-25(40-4)32(23)42-6/h8-17,31,37H,7,18-19H2,1-6H3/b14-13+. The summed E-state index contributed by atoms with van der Waals surface area (Å²) < 4.78 is 37.9. The number of aliphatic hydroxyl groups excluding tert-OH is 1. The van der Waals surface area contributed by atoms with Gasteiger partial charge in [0.25, 0.3) is 5.91 Å². The Morgan fingerprint density at radius 3 is 2.27 bits per heavy atom. The van der Waals surface area contributed by atoms with Crippen LogP contribution in [-0.2, 0) is 25.6 Å². The number of aliphatic hydroxyl groups is 1. The Hall–Kier alpha value is -4.45. The van der Waals surface area contributed by atoms with Crippen molar-refractivity contribution in [3.63, 3.8) is 0 Å². The molecule has 0 bridgehead atoms. The van der Waals surface area contributed by atoms with Crippen molar-refractivity contribution in [3.8, 4) is 28.7 Å². The average molecular weight is 630 g/mol. The molecule has 236 valence electrons. The van der Waals surface area contributed by atoms with E-state index >= 15 is 0 Å². The molecule has 0 fully saturated rings. The fourth-order valence-corrected chi connectivity index (χ4v) is 4.68. The Kier molecular flexibility index (Phi) is 12.7. The molecule has 0 aliphatic carbocycles. The molecule has 0 heterocycles. The van der Waals surface area contributed by atoms with Crippen LogP contribution in [0.25, 0.3) is 0 Å². The van der Waals surface area contributed by atoms with Crippen LogP contribution in [0.2, 0.25) is 5.02 Å². The first-order valence-electron chi connectivity index (χ1n) is 13.4. The Balaban J connectivity index is 2.32. The van der Waals surface area contributed by atoms with E-state index in [0.717, 1.165) is 12.2 Å². The molecule has 1 atom stereocenters. The lowest BCUT2D eigenvalue weighted by atomic mass is 9.97. The van der Waals surface area contributed by atoms with E-state index in [1.54, 1.807) is 43.3 Å². The zero-order valence-corrected chi connectivity index (χ0v) is 26.2. The number of methoxy groups -OCH3 is 5. The molecular formula is C32H36ClNO10. The second-order valence-corrected chi connectivity index (χ2v) is 9.50. The van der Waals surface area contributed by atoms with Gasteiger partial charge in [-0.15, -0.1) is 0 Å². The van der Waals surface area contributed by atoms with Gasteiger partial charge >= 0.3 is 5.97 Å². The molecule has 0 aliphatic rings. The van der Waals surface area contributed by atoms with Crippen LogP contribution in [0.15, 0.2) is 60.7 Å². The number of nitrogens with zero attached hydrogens (tertiary/aromatic N) is 1. The molecule has 0 saturated heterocycles. The SMILES string of the molecule is CCOC(=O)/C=C/C(=O)N(Cc1ccc(OC)cc1OC)c1c(OCOC)cc(Cl)cc1C(O)c1cccc(OC)c1OC. The van der Waals surface area contributed by atoms with Crippen molar-refractivity contribution >= 4 is 29.2 Å². The molecule has 0 radical (unpaired) electrons. The van der Waals surface area contributed by atoms with E-state index < -0.39 is 18.0 Å². The first-order valence-corrected chi connectivity index (χ1v) is 13.8. The lowest BCUT2D eigenvalue weighted by Crippen LogP contribution is -2.31. The highest BCUT2D eigenvalue weighted by molar-refractivity contribution is 6.31. The minimum absolute atomic E-state index is 0.0842. The van der Waals surface area contributed by atoms with Gasteiger partial charge in [-0.05, 0) is 31.2 Å².